The number of piperazine rings is 1. The minimum Gasteiger partial charge on any atom is -0.339 e. The molecule has 7 nitrogen and oxygen atoms in total. The molecule has 1 aromatic heterocycles. The van der Waals surface area contributed by atoms with Crippen LogP contribution in [0.2, 0.25) is 0 Å². The van der Waals surface area contributed by atoms with Gasteiger partial charge in [0.25, 0.3) is 0 Å². The second kappa shape index (κ2) is 6.92. The van der Waals surface area contributed by atoms with Gasteiger partial charge in [-0.3, -0.25) is 4.79 Å². The third kappa shape index (κ3) is 3.28. The van der Waals surface area contributed by atoms with Gasteiger partial charge in [-0.05, 0) is 41.3 Å². The predicted molar refractivity (Wildman–Crippen MR) is 92.7 cm³/mol. The standard InChI is InChI=1S/C18H24N6O/c1-13-4-2-3-5-15(13)16-12-23(11-9-19-16)18(25)14-6-7-17-20-21-22-24(17)10-8-14/h2-5,14,16,19H,6-12H2,1H3. The SMILES string of the molecule is Cc1ccccc1C1CN(C(=O)C2CCc3nnnn3CC2)CCN1. The Balaban J connectivity index is 1.43. The number of rotatable bonds is 2. The number of carbonyl (C=O) groups excluding carboxylic acids is 1. The maximum atomic E-state index is 13.1. The van der Waals surface area contributed by atoms with Crippen LogP contribution in [0.4, 0.5) is 0 Å². The third-order valence-electron chi connectivity index (χ3n) is 5.41. The molecule has 1 saturated heterocycles. The molecule has 0 bridgehead atoms. The fourth-order valence-corrected chi connectivity index (χ4v) is 3.94. The number of nitrogens with one attached hydrogen (secondary N) is 1. The van der Waals surface area contributed by atoms with Gasteiger partial charge in [-0.1, -0.05) is 24.3 Å². The van der Waals surface area contributed by atoms with Crippen LogP contribution >= 0.6 is 0 Å². The summed E-state index contributed by atoms with van der Waals surface area (Å²) in [5, 5.41) is 15.3. The van der Waals surface area contributed by atoms with Crippen LogP contribution in [0.1, 0.15) is 35.8 Å². The summed E-state index contributed by atoms with van der Waals surface area (Å²) in [5.74, 6) is 1.23. The molecule has 25 heavy (non-hydrogen) atoms. The van der Waals surface area contributed by atoms with Crippen LogP contribution in [0.25, 0.3) is 0 Å². The molecule has 0 saturated carbocycles. The second-order valence-corrected chi connectivity index (χ2v) is 6.99. The molecule has 2 unspecified atom stereocenters. The van der Waals surface area contributed by atoms with Crippen LogP contribution in [0.15, 0.2) is 24.3 Å². The molecule has 2 aliphatic rings. The highest BCUT2D eigenvalue weighted by molar-refractivity contribution is 5.79. The van der Waals surface area contributed by atoms with Crippen molar-refractivity contribution in [2.24, 2.45) is 5.92 Å². The average Bonchev–Trinajstić information content (AvgIpc) is 3.00. The Kier molecular flexibility index (Phi) is 4.48. The van der Waals surface area contributed by atoms with Crippen molar-refractivity contribution < 1.29 is 4.79 Å². The third-order valence-corrected chi connectivity index (χ3v) is 5.41. The molecule has 1 fully saturated rings. The molecule has 2 aromatic rings. The number of aryl methyl sites for hydroxylation is 3. The predicted octanol–water partition coefficient (Wildman–Crippen LogP) is 1.11. The van der Waals surface area contributed by atoms with Crippen LogP contribution in [-0.2, 0) is 17.8 Å². The Hall–Kier alpha value is -2.28. The van der Waals surface area contributed by atoms with Crippen molar-refractivity contribution in [3.63, 3.8) is 0 Å². The molecule has 2 atom stereocenters. The van der Waals surface area contributed by atoms with Gasteiger partial charge in [0.2, 0.25) is 5.91 Å². The maximum absolute atomic E-state index is 13.1. The van der Waals surface area contributed by atoms with E-state index in [1.807, 2.05) is 9.58 Å². The van der Waals surface area contributed by atoms with Gasteiger partial charge in [0.15, 0.2) is 5.82 Å². The van der Waals surface area contributed by atoms with E-state index in [9.17, 15) is 4.79 Å². The summed E-state index contributed by atoms with van der Waals surface area (Å²) in [6.07, 6.45) is 2.42. The van der Waals surface area contributed by atoms with Crippen molar-refractivity contribution in [3.05, 3.63) is 41.2 Å². The quantitative estimate of drug-likeness (QED) is 0.886. The Labute approximate surface area is 147 Å². The highest BCUT2D eigenvalue weighted by Gasteiger charge is 2.31. The molecule has 0 spiro atoms. The first-order chi connectivity index (χ1) is 12.2. The number of nitrogens with zero attached hydrogens (tertiary/aromatic N) is 5. The molecule has 0 aliphatic carbocycles. The van der Waals surface area contributed by atoms with Gasteiger partial charge < -0.3 is 10.2 Å². The number of tetrazole rings is 1. The van der Waals surface area contributed by atoms with Crippen LogP contribution in [-0.4, -0.2) is 50.6 Å². The maximum Gasteiger partial charge on any atom is 0.225 e. The molecule has 2 aliphatic heterocycles. The van der Waals surface area contributed by atoms with Crippen LogP contribution in [0.5, 0.6) is 0 Å². The zero-order valence-electron chi connectivity index (χ0n) is 14.6. The van der Waals surface area contributed by atoms with Gasteiger partial charge in [0.1, 0.15) is 0 Å². The first-order valence-electron chi connectivity index (χ1n) is 9.05. The average molecular weight is 340 g/mol. The normalized spacial score (nSPS) is 23.8. The Morgan fingerprint density at radius 1 is 1.24 bits per heavy atom. The number of benzene rings is 1. The van der Waals surface area contributed by atoms with Crippen molar-refractivity contribution in [2.45, 2.75) is 38.8 Å². The molecule has 0 radical (unpaired) electrons. The lowest BCUT2D eigenvalue weighted by Crippen LogP contribution is -2.50. The number of aromatic nitrogens is 4. The highest BCUT2D eigenvalue weighted by atomic mass is 16.2. The van der Waals surface area contributed by atoms with E-state index in [0.717, 1.165) is 51.3 Å². The molecule has 4 rings (SSSR count). The van der Waals surface area contributed by atoms with Crippen LogP contribution in [0, 0.1) is 12.8 Å². The number of fused-ring (bicyclic) bond motifs is 1. The lowest BCUT2D eigenvalue weighted by Gasteiger charge is -2.36. The molecule has 1 amide bonds. The zero-order chi connectivity index (χ0) is 17.2. The van der Waals surface area contributed by atoms with Crippen molar-refractivity contribution in [2.75, 3.05) is 19.6 Å². The van der Waals surface area contributed by atoms with Gasteiger partial charge in [-0.25, -0.2) is 4.68 Å². The number of hydrogen-bond acceptors (Lipinski definition) is 5. The van der Waals surface area contributed by atoms with Crippen molar-refractivity contribution in [1.82, 2.24) is 30.4 Å². The van der Waals surface area contributed by atoms with Crippen molar-refractivity contribution >= 4 is 5.91 Å². The molecule has 132 valence electrons. The topological polar surface area (TPSA) is 75.9 Å². The summed E-state index contributed by atoms with van der Waals surface area (Å²) in [4.78, 5) is 15.1. The van der Waals surface area contributed by atoms with E-state index < -0.39 is 0 Å². The lowest BCUT2D eigenvalue weighted by atomic mass is 9.96. The summed E-state index contributed by atoms with van der Waals surface area (Å²) >= 11 is 0. The van der Waals surface area contributed by atoms with E-state index in [1.165, 1.54) is 11.1 Å². The summed E-state index contributed by atoms with van der Waals surface area (Å²) in [6, 6.07) is 8.63. The fraction of sp³-hybridized carbons (Fsp3) is 0.556. The first-order valence-corrected chi connectivity index (χ1v) is 9.05. The van der Waals surface area contributed by atoms with Gasteiger partial charge >= 0.3 is 0 Å². The Morgan fingerprint density at radius 2 is 2.12 bits per heavy atom. The lowest BCUT2D eigenvalue weighted by molar-refractivity contribution is -0.137. The molecule has 3 heterocycles. The van der Waals surface area contributed by atoms with Gasteiger partial charge in [-0.2, -0.15) is 0 Å². The minimum atomic E-state index is 0.0547. The van der Waals surface area contributed by atoms with Gasteiger partial charge in [-0.15, -0.1) is 5.10 Å². The van der Waals surface area contributed by atoms with Gasteiger partial charge in [0.05, 0.1) is 6.04 Å². The van der Waals surface area contributed by atoms with E-state index >= 15 is 0 Å². The largest absolute Gasteiger partial charge is 0.339 e. The van der Waals surface area contributed by atoms with Crippen molar-refractivity contribution in [3.8, 4) is 0 Å². The van der Waals surface area contributed by atoms with E-state index in [1.54, 1.807) is 0 Å². The fourth-order valence-electron chi connectivity index (χ4n) is 3.94. The minimum absolute atomic E-state index is 0.0547. The first kappa shape index (κ1) is 16.2. The van der Waals surface area contributed by atoms with Crippen LogP contribution in [0.3, 0.4) is 0 Å². The number of amides is 1. The van der Waals surface area contributed by atoms with E-state index in [0.29, 0.717) is 0 Å². The summed E-state index contributed by atoms with van der Waals surface area (Å²) in [5.41, 5.74) is 2.56. The summed E-state index contributed by atoms with van der Waals surface area (Å²) < 4.78 is 1.83. The Bertz CT molecular complexity index is 735. The molecular weight excluding hydrogens is 316 g/mol. The second-order valence-electron chi connectivity index (χ2n) is 6.99. The van der Waals surface area contributed by atoms with Crippen molar-refractivity contribution in [1.29, 1.82) is 0 Å². The monoisotopic (exact) mass is 340 g/mol. The zero-order valence-corrected chi connectivity index (χ0v) is 14.6. The molecule has 7 heteroatoms. The Morgan fingerprint density at radius 3 is 3.00 bits per heavy atom. The summed E-state index contributed by atoms with van der Waals surface area (Å²) in [6.45, 7) is 5.22. The smallest absolute Gasteiger partial charge is 0.225 e. The van der Waals surface area contributed by atoms with Crippen LogP contribution < -0.4 is 5.32 Å². The highest BCUT2D eigenvalue weighted by Crippen LogP contribution is 2.25. The van der Waals surface area contributed by atoms with E-state index in [2.05, 4.69) is 52.0 Å². The number of hydrogen-bond donors (Lipinski definition) is 1. The van der Waals surface area contributed by atoms with E-state index in [4.69, 9.17) is 0 Å². The number of carbonyl (C=O) groups is 1. The van der Waals surface area contributed by atoms with Gasteiger partial charge in [0, 0.05) is 38.5 Å². The summed E-state index contributed by atoms with van der Waals surface area (Å²) in [7, 11) is 0. The molecular formula is C18H24N6O. The molecule has 1 N–H and O–H groups in total. The van der Waals surface area contributed by atoms with E-state index in [-0.39, 0.29) is 17.9 Å². The molecule has 1 aromatic carbocycles.